The summed E-state index contributed by atoms with van der Waals surface area (Å²) in [6.45, 7) is 2.83. The number of aromatic nitrogens is 1. The van der Waals surface area contributed by atoms with Crippen molar-refractivity contribution in [2.24, 2.45) is 0 Å². The summed E-state index contributed by atoms with van der Waals surface area (Å²) in [7, 11) is -3.63. The van der Waals surface area contributed by atoms with Crippen molar-refractivity contribution in [2.75, 3.05) is 26.3 Å². The van der Waals surface area contributed by atoms with E-state index < -0.39 is 10.0 Å². The standard InChI is InChI=1S/C24H24N2O4S/c1-2-20-8-6-10-22(16-20)30-19-23-18-25(14-15-29-23)17-21-9-7-13-26(21)31(27,28)24-11-4-3-5-12-24/h1,3-13,16,23H,14-15,17-19H2. The Labute approximate surface area is 183 Å². The molecule has 0 spiro atoms. The van der Waals surface area contributed by atoms with Gasteiger partial charge in [-0.3, -0.25) is 4.90 Å². The normalized spacial score (nSPS) is 17.2. The van der Waals surface area contributed by atoms with Gasteiger partial charge in [0, 0.05) is 37.1 Å². The molecule has 0 saturated carbocycles. The van der Waals surface area contributed by atoms with Crippen LogP contribution in [0, 0.1) is 12.3 Å². The summed E-state index contributed by atoms with van der Waals surface area (Å²) in [6.07, 6.45) is 6.92. The molecule has 0 N–H and O–H groups in total. The molecule has 1 aromatic heterocycles. The quantitative estimate of drug-likeness (QED) is 0.533. The predicted molar refractivity (Wildman–Crippen MR) is 118 cm³/mol. The molecule has 0 bridgehead atoms. The largest absolute Gasteiger partial charge is 0.491 e. The van der Waals surface area contributed by atoms with E-state index in [4.69, 9.17) is 15.9 Å². The number of hydrogen-bond donors (Lipinski definition) is 0. The molecule has 0 radical (unpaired) electrons. The second-order valence-electron chi connectivity index (χ2n) is 7.32. The number of benzene rings is 2. The Morgan fingerprint density at radius 1 is 1.10 bits per heavy atom. The van der Waals surface area contributed by atoms with E-state index in [0.717, 1.165) is 12.1 Å². The van der Waals surface area contributed by atoms with Crippen LogP contribution in [0.5, 0.6) is 5.75 Å². The molecule has 31 heavy (non-hydrogen) atoms. The lowest BCUT2D eigenvalue weighted by atomic mass is 10.2. The molecule has 2 heterocycles. The lowest BCUT2D eigenvalue weighted by Crippen LogP contribution is -2.44. The van der Waals surface area contributed by atoms with Crippen LogP contribution in [0.25, 0.3) is 0 Å². The number of ether oxygens (including phenoxy) is 2. The van der Waals surface area contributed by atoms with Crippen molar-refractivity contribution in [3.8, 4) is 18.1 Å². The zero-order valence-electron chi connectivity index (χ0n) is 17.1. The van der Waals surface area contributed by atoms with Crippen LogP contribution in [-0.2, 0) is 21.3 Å². The maximum absolute atomic E-state index is 13.0. The number of hydrogen-bond acceptors (Lipinski definition) is 5. The molecular formula is C24H24N2O4S. The molecule has 7 heteroatoms. The van der Waals surface area contributed by atoms with Gasteiger partial charge in [-0.1, -0.05) is 30.2 Å². The Morgan fingerprint density at radius 2 is 1.94 bits per heavy atom. The van der Waals surface area contributed by atoms with Crippen LogP contribution >= 0.6 is 0 Å². The first-order chi connectivity index (χ1) is 15.1. The molecule has 0 amide bonds. The van der Waals surface area contributed by atoms with Crippen LogP contribution in [0.1, 0.15) is 11.3 Å². The Bertz CT molecular complexity index is 1170. The van der Waals surface area contributed by atoms with Crippen molar-refractivity contribution in [1.82, 2.24) is 8.87 Å². The molecule has 6 nitrogen and oxygen atoms in total. The zero-order chi connectivity index (χ0) is 21.7. The summed E-state index contributed by atoms with van der Waals surface area (Å²) in [5, 5.41) is 0. The highest BCUT2D eigenvalue weighted by molar-refractivity contribution is 7.90. The van der Waals surface area contributed by atoms with Gasteiger partial charge < -0.3 is 9.47 Å². The maximum Gasteiger partial charge on any atom is 0.267 e. The van der Waals surface area contributed by atoms with Crippen LogP contribution in [0.4, 0.5) is 0 Å². The van der Waals surface area contributed by atoms with Crippen LogP contribution in [0.3, 0.4) is 0 Å². The highest BCUT2D eigenvalue weighted by Gasteiger charge is 2.24. The van der Waals surface area contributed by atoms with Crippen molar-refractivity contribution in [3.63, 3.8) is 0 Å². The topological polar surface area (TPSA) is 60.8 Å². The summed E-state index contributed by atoms with van der Waals surface area (Å²) in [5.41, 5.74) is 1.48. The molecule has 1 fully saturated rings. The van der Waals surface area contributed by atoms with Gasteiger partial charge in [0.2, 0.25) is 0 Å². The van der Waals surface area contributed by atoms with Gasteiger partial charge in [0.25, 0.3) is 10.0 Å². The van der Waals surface area contributed by atoms with E-state index in [-0.39, 0.29) is 11.0 Å². The number of nitrogens with zero attached hydrogens (tertiary/aromatic N) is 2. The minimum atomic E-state index is -3.63. The van der Waals surface area contributed by atoms with E-state index in [0.29, 0.717) is 37.7 Å². The average molecular weight is 437 g/mol. The smallest absolute Gasteiger partial charge is 0.267 e. The summed E-state index contributed by atoms with van der Waals surface area (Å²) in [6, 6.07) is 19.5. The summed E-state index contributed by atoms with van der Waals surface area (Å²) < 4.78 is 39.1. The molecule has 1 atom stereocenters. The minimum Gasteiger partial charge on any atom is -0.491 e. The van der Waals surface area contributed by atoms with Crippen molar-refractivity contribution in [1.29, 1.82) is 0 Å². The molecular weight excluding hydrogens is 412 g/mol. The molecule has 4 rings (SSSR count). The van der Waals surface area contributed by atoms with Gasteiger partial charge in [-0.2, -0.15) is 0 Å². The first kappa shape index (κ1) is 21.2. The first-order valence-electron chi connectivity index (χ1n) is 10.1. The van der Waals surface area contributed by atoms with E-state index in [1.54, 1.807) is 42.6 Å². The Hall–Kier alpha value is -3.05. The molecule has 1 unspecified atom stereocenters. The molecule has 1 saturated heterocycles. The maximum atomic E-state index is 13.0. The zero-order valence-corrected chi connectivity index (χ0v) is 17.9. The fourth-order valence-electron chi connectivity index (χ4n) is 3.58. The molecule has 160 valence electrons. The first-order valence-corrected chi connectivity index (χ1v) is 11.5. The van der Waals surface area contributed by atoms with Gasteiger partial charge in [0.15, 0.2) is 0 Å². The monoisotopic (exact) mass is 436 g/mol. The van der Waals surface area contributed by atoms with Gasteiger partial charge in [-0.25, -0.2) is 12.4 Å². The summed E-state index contributed by atoms with van der Waals surface area (Å²) in [5.74, 6) is 3.30. The van der Waals surface area contributed by atoms with Crippen LogP contribution in [-0.4, -0.2) is 49.7 Å². The van der Waals surface area contributed by atoms with E-state index in [1.165, 1.54) is 3.97 Å². The third kappa shape index (κ3) is 5.00. The molecule has 1 aliphatic heterocycles. The van der Waals surface area contributed by atoms with Crippen LogP contribution < -0.4 is 4.74 Å². The van der Waals surface area contributed by atoms with E-state index in [2.05, 4.69) is 10.8 Å². The van der Waals surface area contributed by atoms with Gasteiger partial charge in [0.05, 0.1) is 11.5 Å². The third-order valence-corrected chi connectivity index (χ3v) is 6.88. The van der Waals surface area contributed by atoms with Crippen LogP contribution in [0.2, 0.25) is 0 Å². The predicted octanol–water partition coefficient (Wildman–Crippen LogP) is 2.99. The van der Waals surface area contributed by atoms with E-state index >= 15 is 0 Å². The van der Waals surface area contributed by atoms with Crippen molar-refractivity contribution in [3.05, 3.63) is 84.2 Å². The number of morpholine rings is 1. The molecule has 2 aromatic carbocycles. The SMILES string of the molecule is C#Cc1cccc(OCC2CN(Cc3cccn3S(=O)(=O)c3ccccc3)CCO2)c1. The van der Waals surface area contributed by atoms with Crippen molar-refractivity contribution >= 4 is 10.0 Å². The van der Waals surface area contributed by atoms with Crippen LogP contribution in [0.15, 0.2) is 77.8 Å². The van der Waals surface area contributed by atoms with Gasteiger partial charge in [-0.15, -0.1) is 6.42 Å². The lowest BCUT2D eigenvalue weighted by Gasteiger charge is -2.32. The fraction of sp³-hybridized carbons (Fsp3) is 0.250. The Morgan fingerprint density at radius 3 is 2.74 bits per heavy atom. The second-order valence-corrected chi connectivity index (χ2v) is 9.14. The van der Waals surface area contributed by atoms with E-state index in [9.17, 15) is 8.42 Å². The van der Waals surface area contributed by atoms with E-state index in [1.807, 2.05) is 30.3 Å². The molecule has 3 aromatic rings. The average Bonchev–Trinajstić information content (AvgIpc) is 3.28. The summed E-state index contributed by atoms with van der Waals surface area (Å²) >= 11 is 0. The number of terminal acetylenes is 1. The fourth-order valence-corrected chi connectivity index (χ4v) is 4.97. The lowest BCUT2D eigenvalue weighted by molar-refractivity contribution is -0.0507. The minimum absolute atomic E-state index is 0.114. The van der Waals surface area contributed by atoms with Gasteiger partial charge in [0.1, 0.15) is 18.5 Å². The van der Waals surface area contributed by atoms with Gasteiger partial charge >= 0.3 is 0 Å². The second kappa shape index (κ2) is 9.40. The molecule has 0 aliphatic carbocycles. The van der Waals surface area contributed by atoms with Crippen molar-refractivity contribution in [2.45, 2.75) is 17.5 Å². The van der Waals surface area contributed by atoms with Gasteiger partial charge in [-0.05, 0) is 42.5 Å². The Kier molecular flexibility index (Phi) is 6.42. The summed E-state index contributed by atoms with van der Waals surface area (Å²) in [4.78, 5) is 2.46. The highest BCUT2D eigenvalue weighted by atomic mass is 32.2. The Balaban J connectivity index is 1.40. The van der Waals surface area contributed by atoms with Crippen molar-refractivity contribution < 1.29 is 17.9 Å². The molecule has 1 aliphatic rings. The highest BCUT2D eigenvalue weighted by Crippen LogP contribution is 2.19. The number of rotatable bonds is 7. The third-order valence-electron chi connectivity index (χ3n) is 5.14.